The lowest BCUT2D eigenvalue weighted by atomic mass is 9.49. The molecule has 2 N–H and O–H groups in total. The molecule has 3 aromatic carbocycles. The molecule has 3 heterocycles. The minimum atomic E-state index is -1.00. The first kappa shape index (κ1) is 43.9. The van der Waals surface area contributed by atoms with E-state index in [1.807, 2.05) is 50.2 Å². The molecule has 3 aromatic rings. The zero-order chi connectivity index (χ0) is 45.0. The van der Waals surface area contributed by atoms with Crippen molar-refractivity contribution < 1.29 is 38.2 Å². The summed E-state index contributed by atoms with van der Waals surface area (Å²) in [7, 11) is 2.10. The Labute approximate surface area is 369 Å². The van der Waals surface area contributed by atoms with E-state index in [2.05, 4.69) is 61.2 Å². The molecule has 332 valence electrons. The number of amides is 5. The van der Waals surface area contributed by atoms with Crippen LogP contribution in [0.2, 0.25) is 0 Å². The number of rotatable bonds is 13. The van der Waals surface area contributed by atoms with Crippen LogP contribution < -0.4 is 25.0 Å². The van der Waals surface area contributed by atoms with Gasteiger partial charge in [0, 0.05) is 73.1 Å². The van der Waals surface area contributed by atoms with E-state index < -0.39 is 29.7 Å². The number of anilines is 1. The van der Waals surface area contributed by atoms with Gasteiger partial charge in [0.15, 0.2) is 0 Å². The average Bonchev–Trinajstić information content (AvgIpc) is 3.47. The summed E-state index contributed by atoms with van der Waals surface area (Å²) in [5.41, 5.74) is 3.98. The van der Waals surface area contributed by atoms with E-state index in [9.17, 15) is 29.2 Å². The van der Waals surface area contributed by atoms with E-state index in [4.69, 9.17) is 14.2 Å². The van der Waals surface area contributed by atoms with Gasteiger partial charge in [0.2, 0.25) is 11.8 Å². The molecular weight excluding hydrogens is 801 g/mol. The molecule has 0 spiro atoms. The second-order valence-corrected chi connectivity index (χ2v) is 19.2. The van der Waals surface area contributed by atoms with Gasteiger partial charge in [0.05, 0.1) is 35.5 Å². The summed E-state index contributed by atoms with van der Waals surface area (Å²) in [5, 5.41) is 15.0. The molecule has 2 saturated heterocycles. The maximum absolute atomic E-state index is 13.5. The summed E-state index contributed by atoms with van der Waals surface area (Å²) in [5.74, 6) is -0.972. The van der Waals surface area contributed by atoms with Crippen molar-refractivity contribution in [3.05, 3.63) is 88.0 Å². The van der Waals surface area contributed by atoms with E-state index in [1.165, 1.54) is 0 Å². The monoisotopic (exact) mass is 858 g/mol. The number of nitrogens with one attached hydrogen (secondary N) is 2. The van der Waals surface area contributed by atoms with Gasteiger partial charge in [-0.25, -0.2) is 0 Å². The zero-order valence-corrected chi connectivity index (χ0v) is 37.3. The van der Waals surface area contributed by atoms with Crippen molar-refractivity contribution in [2.75, 3.05) is 38.2 Å². The van der Waals surface area contributed by atoms with E-state index >= 15 is 0 Å². The number of hydrogen-bond acceptors (Lipinski definition) is 11. The molecule has 14 heteroatoms. The van der Waals surface area contributed by atoms with Gasteiger partial charge in [0.1, 0.15) is 29.7 Å². The maximum atomic E-state index is 13.5. The highest BCUT2D eigenvalue weighted by Crippen LogP contribution is 2.55. The molecule has 2 aliphatic carbocycles. The van der Waals surface area contributed by atoms with Crippen LogP contribution in [-0.2, 0) is 14.3 Å². The first-order valence-electron chi connectivity index (χ1n) is 22.1. The quantitative estimate of drug-likeness (QED) is 0.202. The molecule has 3 aliphatic heterocycles. The van der Waals surface area contributed by atoms with Crippen LogP contribution in [-0.4, -0.2) is 109 Å². The van der Waals surface area contributed by atoms with Crippen LogP contribution in [0.15, 0.2) is 54.6 Å². The summed E-state index contributed by atoms with van der Waals surface area (Å²) in [4.78, 5) is 69.3. The fraction of sp³-hybridized carbons (Fsp3) is 0.510. The summed E-state index contributed by atoms with van der Waals surface area (Å²) in [6.45, 7) is 15.5. The molecule has 5 amide bonds. The van der Waals surface area contributed by atoms with Gasteiger partial charge in [-0.05, 0) is 106 Å². The van der Waals surface area contributed by atoms with Crippen molar-refractivity contribution in [2.24, 2.45) is 10.8 Å². The molecular formula is C49H58N6O8. The van der Waals surface area contributed by atoms with Crippen LogP contribution >= 0.6 is 0 Å². The number of piperidine rings is 2. The third kappa shape index (κ3) is 8.41. The van der Waals surface area contributed by atoms with Crippen LogP contribution in [0.5, 0.6) is 11.5 Å². The van der Waals surface area contributed by atoms with Gasteiger partial charge < -0.3 is 29.3 Å². The topological polar surface area (TPSA) is 171 Å². The van der Waals surface area contributed by atoms with E-state index in [-0.39, 0.29) is 65.1 Å². The molecule has 1 atom stereocenters. The number of imide groups is 2. The Morgan fingerprint density at radius 2 is 1.51 bits per heavy atom. The highest BCUT2D eigenvalue weighted by atomic mass is 16.5. The van der Waals surface area contributed by atoms with E-state index in [0.717, 1.165) is 72.8 Å². The smallest absolute Gasteiger partial charge is 0.262 e. The lowest BCUT2D eigenvalue weighted by molar-refractivity contribution is -0.164. The number of hydrogen-bond donors (Lipinski definition) is 2. The van der Waals surface area contributed by atoms with Crippen molar-refractivity contribution in [1.29, 1.82) is 5.26 Å². The summed E-state index contributed by atoms with van der Waals surface area (Å²) < 4.78 is 19.1. The SMILES string of the molecule is Cc1cc(OC2C(C)(C)C(NC(=O)c3ccc(N4CCC(OCCN(C)C5CC(Oc6ccc7c(c6)C(=O)N(C6CCC(=O)NC6=O)C7=O)C5)CC4)cc3)C2(C)C)cc(C)c1C#N. The predicted octanol–water partition coefficient (Wildman–Crippen LogP) is 5.72. The summed E-state index contributed by atoms with van der Waals surface area (Å²) in [6.07, 6.45) is 3.71. The van der Waals surface area contributed by atoms with Crippen LogP contribution in [0.3, 0.4) is 0 Å². The van der Waals surface area contributed by atoms with E-state index in [0.29, 0.717) is 29.5 Å². The molecule has 14 nitrogen and oxygen atoms in total. The fourth-order valence-corrected chi connectivity index (χ4v) is 10.7. The molecule has 4 fully saturated rings. The average molecular weight is 859 g/mol. The van der Waals surface area contributed by atoms with Gasteiger partial charge in [-0.1, -0.05) is 27.7 Å². The number of carbonyl (C=O) groups excluding carboxylic acids is 5. The molecule has 5 aliphatic rings. The third-order valence-electron chi connectivity index (χ3n) is 14.1. The normalized spacial score (nSPS) is 25.2. The largest absolute Gasteiger partial charge is 0.490 e. The van der Waals surface area contributed by atoms with Crippen molar-refractivity contribution in [2.45, 2.75) is 117 Å². The van der Waals surface area contributed by atoms with Crippen LogP contribution in [0.4, 0.5) is 5.69 Å². The van der Waals surface area contributed by atoms with Gasteiger partial charge in [-0.2, -0.15) is 5.26 Å². The highest BCUT2D eigenvalue weighted by molar-refractivity contribution is 6.23. The summed E-state index contributed by atoms with van der Waals surface area (Å²) >= 11 is 0. The van der Waals surface area contributed by atoms with Gasteiger partial charge >= 0.3 is 0 Å². The number of nitrogens with zero attached hydrogens (tertiary/aromatic N) is 4. The maximum Gasteiger partial charge on any atom is 0.262 e. The predicted molar refractivity (Wildman–Crippen MR) is 235 cm³/mol. The second kappa shape index (κ2) is 17.1. The Kier molecular flexibility index (Phi) is 11.9. The fourth-order valence-electron chi connectivity index (χ4n) is 10.7. The Morgan fingerprint density at radius 1 is 0.857 bits per heavy atom. The lowest BCUT2D eigenvalue weighted by Crippen LogP contribution is -2.74. The number of aryl methyl sites for hydroxylation is 2. The Bertz CT molecular complexity index is 2320. The van der Waals surface area contributed by atoms with Crippen LogP contribution in [0.25, 0.3) is 0 Å². The molecule has 8 rings (SSSR count). The third-order valence-corrected chi connectivity index (χ3v) is 14.1. The zero-order valence-electron chi connectivity index (χ0n) is 37.3. The summed E-state index contributed by atoms with van der Waals surface area (Å²) in [6, 6.07) is 18.1. The molecule has 63 heavy (non-hydrogen) atoms. The van der Waals surface area contributed by atoms with E-state index in [1.54, 1.807) is 18.2 Å². The highest BCUT2D eigenvalue weighted by Gasteiger charge is 2.64. The minimum absolute atomic E-state index is 0.0200. The van der Waals surface area contributed by atoms with Crippen LogP contribution in [0.1, 0.15) is 114 Å². The number of likely N-dealkylation sites (N-methyl/N-ethyl adjacent to an activating group) is 1. The second-order valence-electron chi connectivity index (χ2n) is 19.2. The molecule has 2 saturated carbocycles. The lowest BCUT2D eigenvalue weighted by Gasteiger charge is -2.63. The standard InChI is InChI=1S/C49H58N6O8/c1-28-22-35(23-29(2)39(28)27-50)63-47-48(3,4)46(49(47,5)6)52-42(57)30-8-10-31(11-9-30)54-18-16-33(17-19-54)61-21-20-53(7)32-24-36(25-32)62-34-12-13-37-38(26-34)45(60)55(44(37)59)40-14-15-41(56)51-43(40)58/h8-13,22-23,26,32-33,36,40,46-47H,14-21,24-25H2,1-7H3,(H,52,57)(H,51,56,58). The number of ether oxygens (including phenoxy) is 3. The van der Waals surface area contributed by atoms with Crippen LogP contribution in [0, 0.1) is 36.0 Å². The number of carbonyl (C=O) groups is 5. The Hall–Kier alpha value is -5.78. The molecule has 0 radical (unpaired) electrons. The van der Waals surface area contributed by atoms with Crippen molar-refractivity contribution in [3.8, 4) is 17.6 Å². The van der Waals surface area contributed by atoms with Gasteiger partial charge in [-0.15, -0.1) is 0 Å². The molecule has 0 aromatic heterocycles. The van der Waals surface area contributed by atoms with Crippen molar-refractivity contribution in [1.82, 2.24) is 20.4 Å². The Morgan fingerprint density at radius 3 is 2.14 bits per heavy atom. The van der Waals surface area contributed by atoms with Crippen molar-refractivity contribution >= 4 is 35.2 Å². The number of nitriles is 1. The first-order chi connectivity index (χ1) is 30.0. The molecule has 1 unspecified atom stereocenters. The van der Waals surface area contributed by atoms with Gasteiger partial charge in [0.25, 0.3) is 17.7 Å². The molecule has 0 bridgehead atoms. The Balaban J connectivity index is 0.738. The minimum Gasteiger partial charge on any atom is -0.490 e. The van der Waals surface area contributed by atoms with Gasteiger partial charge in [-0.3, -0.25) is 34.2 Å². The number of benzene rings is 3. The number of fused-ring (bicyclic) bond motifs is 1. The first-order valence-corrected chi connectivity index (χ1v) is 22.1. The van der Waals surface area contributed by atoms with Crippen molar-refractivity contribution in [3.63, 3.8) is 0 Å².